The van der Waals surface area contributed by atoms with Gasteiger partial charge in [-0.1, -0.05) is 96.8 Å². The molecule has 1 fully saturated rings. The zero-order valence-electron chi connectivity index (χ0n) is 18.5. The Hall–Kier alpha value is -0.610. The first-order chi connectivity index (χ1) is 13.7. The summed E-state index contributed by atoms with van der Waals surface area (Å²) in [6.07, 6.45) is 20.6. The van der Waals surface area contributed by atoms with Gasteiger partial charge in [-0.15, -0.1) is 0 Å². The molecule has 1 aliphatic rings. The Morgan fingerprint density at radius 2 is 1.07 bits per heavy atom. The molecule has 28 heavy (non-hydrogen) atoms. The van der Waals surface area contributed by atoms with Gasteiger partial charge < -0.3 is 14.6 Å². The van der Waals surface area contributed by atoms with E-state index in [4.69, 9.17) is 9.47 Å². The molecule has 1 rings (SSSR count). The van der Waals surface area contributed by atoms with Crippen LogP contribution in [0.15, 0.2) is 0 Å². The highest BCUT2D eigenvalue weighted by molar-refractivity contribution is 5.74. The molecule has 0 aliphatic carbocycles. The molecule has 4 nitrogen and oxygen atoms in total. The van der Waals surface area contributed by atoms with E-state index in [1.54, 1.807) is 0 Å². The highest BCUT2D eigenvalue weighted by Gasteiger charge is 2.37. The summed E-state index contributed by atoms with van der Waals surface area (Å²) in [5.41, 5.74) is -0.651. The van der Waals surface area contributed by atoms with Gasteiger partial charge in [-0.3, -0.25) is 4.79 Å². The van der Waals surface area contributed by atoms with Crippen LogP contribution in [0.5, 0.6) is 0 Å². The minimum atomic E-state index is -0.670. The summed E-state index contributed by atoms with van der Waals surface area (Å²) in [6, 6.07) is 0. The van der Waals surface area contributed by atoms with Crippen molar-refractivity contribution in [2.45, 2.75) is 116 Å². The van der Waals surface area contributed by atoms with Gasteiger partial charge in [-0.25, -0.2) is 0 Å². The molecule has 166 valence electrons. The van der Waals surface area contributed by atoms with Crippen molar-refractivity contribution in [3.05, 3.63) is 0 Å². The number of rotatable bonds is 16. The molecule has 0 radical (unpaired) electrons. The maximum Gasteiger partial charge on any atom is 0.309 e. The Kier molecular flexibility index (Phi) is 15.7. The molecule has 1 saturated heterocycles. The van der Waals surface area contributed by atoms with Crippen molar-refractivity contribution in [3.63, 3.8) is 0 Å². The fraction of sp³-hybridized carbons (Fsp3) is 0.958. The summed E-state index contributed by atoms with van der Waals surface area (Å²) in [6.45, 7) is 4.50. The molecule has 0 spiro atoms. The van der Waals surface area contributed by atoms with Gasteiger partial charge in [0.1, 0.15) is 0 Å². The number of carbonyl (C=O) groups is 1. The topological polar surface area (TPSA) is 55.8 Å². The highest BCUT2D eigenvalue weighted by Crippen LogP contribution is 2.34. The van der Waals surface area contributed by atoms with Gasteiger partial charge in [0, 0.05) is 13.2 Å². The molecule has 0 unspecified atom stereocenters. The number of carboxylic acid groups (broad SMARTS) is 1. The van der Waals surface area contributed by atoms with Crippen LogP contribution < -0.4 is 0 Å². The van der Waals surface area contributed by atoms with Crippen LogP contribution in [0.4, 0.5) is 0 Å². The lowest BCUT2D eigenvalue weighted by Crippen LogP contribution is -2.33. The van der Waals surface area contributed by atoms with E-state index in [1.165, 1.54) is 77.0 Å². The molecule has 0 atom stereocenters. The average molecular weight is 399 g/mol. The molecule has 1 N–H and O–H groups in total. The van der Waals surface area contributed by atoms with Crippen molar-refractivity contribution < 1.29 is 19.4 Å². The number of hydrogen-bond donors (Lipinski definition) is 1. The first-order valence-electron chi connectivity index (χ1n) is 12.1. The minimum Gasteiger partial charge on any atom is -0.481 e. The van der Waals surface area contributed by atoms with Gasteiger partial charge in [0.25, 0.3) is 0 Å². The normalized spacial score (nSPS) is 17.6. The lowest BCUT2D eigenvalue weighted by Gasteiger charge is -2.28. The Morgan fingerprint density at radius 3 is 1.46 bits per heavy atom. The van der Waals surface area contributed by atoms with Gasteiger partial charge in [0.15, 0.2) is 0 Å². The molecule has 0 amide bonds. The monoisotopic (exact) mass is 398 g/mol. The first-order valence-corrected chi connectivity index (χ1v) is 12.1. The summed E-state index contributed by atoms with van der Waals surface area (Å²) < 4.78 is 11.0. The summed E-state index contributed by atoms with van der Waals surface area (Å²) in [5, 5.41) is 9.79. The van der Waals surface area contributed by atoms with E-state index >= 15 is 0 Å². The molecule has 4 heteroatoms. The van der Waals surface area contributed by atoms with Gasteiger partial charge in [0.05, 0.1) is 18.6 Å². The van der Waals surface area contributed by atoms with Gasteiger partial charge in [-0.2, -0.15) is 0 Å². The number of carboxylic acids is 1. The predicted octanol–water partition coefficient (Wildman–Crippen LogP) is 6.76. The SMILES string of the molecule is CCCCCCCCCCCCCCCCC1(C(=O)O)CCOCCOCC1. The van der Waals surface area contributed by atoms with Crippen molar-refractivity contribution >= 4 is 5.97 Å². The van der Waals surface area contributed by atoms with Crippen LogP contribution in [0.1, 0.15) is 116 Å². The summed E-state index contributed by atoms with van der Waals surface area (Å²) in [4.78, 5) is 11.9. The Morgan fingerprint density at radius 1 is 0.679 bits per heavy atom. The highest BCUT2D eigenvalue weighted by atomic mass is 16.5. The van der Waals surface area contributed by atoms with Crippen molar-refractivity contribution in [3.8, 4) is 0 Å². The van der Waals surface area contributed by atoms with Crippen molar-refractivity contribution in [2.75, 3.05) is 26.4 Å². The lowest BCUT2D eigenvalue weighted by molar-refractivity contribution is -0.151. The standard InChI is InChI=1S/C24H46O4/c1-2-3-4-5-6-7-8-9-10-11-12-13-14-15-16-24(23(25)26)17-19-27-21-22-28-20-18-24/h2-22H2,1H3,(H,25,26). The molecular formula is C24H46O4. The number of hydrogen-bond acceptors (Lipinski definition) is 3. The number of aliphatic carboxylic acids is 1. The van der Waals surface area contributed by atoms with Crippen molar-refractivity contribution in [2.24, 2.45) is 5.41 Å². The van der Waals surface area contributed by atoms with Crippen molar-refractivity contribution in [1.82, 2.24) is 0 Å². The second kappa shape index (κ2) is 17.3. The van der Waals surface area contributed by atoms with E-state index in [0.29, 0.717) is 39.3 Å². The third-order valence-corrected chi connectivity index (χ3v) is 6.28. The van der Waals surface area contributed by atoms with Crippen LogP contribution in [-0.2, 0) is 14.3 Å². The second-order valence-corrected chi connectivity index (χ2v) is 8.66. The molecule has 0 aromatic rings. The number of ether oxygens (including phenoxy) is 2. The Bertz CT molecular complexity index is 360. The molecule has 0 bridgehead atoms. The zero-order valence-corrected chi connectivity index (χ0v) is 18.5. The van der Waals surface area contributed by atoms with Crippen LogP contribution >= 0.6 is 0 Å². The predicted molar refractivity (Wildman–Crippen MR) is 116 cm³/mol. The van der Waals surface area contributed by atoms with Crippen LogP contribution in [0, 0.1) is 5.41 Å². The quantitative estimate of drug-likeness (QED) is 0.292. The molecule has 1 heterocycles. The third kappa shape index (κ3) is 12.1. The first kappa shape index (κ1) is 25.4. The summed E-state index contributed by atoms with van der Waals surface area (Å²) in [7, 11) is 0. The van der Waals surface area contributed by atoms with E-state index in [-0.39, 0.29) is 0 Å². The fourth-order valence-electron chi connectivity index (χ4n) is 4.21. The van der Waals surface area contributed by atoms with Gasteiger partial charge in [0.2, 0.25) is 0 Å². The van der Waals surface area contributed by atoms with E-state index in [1.807, 2.05) is 0 Å². The van der Waals surface area contributed by atoms with Crippen molar-refractivity contribution in [1.29, 1.82) is 0 Å². The maximum absolute atomic E-state index is 11.9. The Labute approximate surface area is 173 Å². The smallest absolute Gasteiger partial charge is 0.309 e. The van der Waals surface area contributed by atoms with Crippen LogP contribution in [0.3, 0.4) is 0 Å². The average Bonchev–Trinajstić information content (AvgIpc) is 2.81. The van der Waals surface area contributed by atoms with Gasteiger partial charge >= 0.3 is 5.97 Å². The molecule has 0 saturated carbocycles. The van der Waals surface area contributed by atoms with Crippen LogP contribution in [0.25, 0.3) is 0 Å². The largest absolute Gasteiger partial charge is 0.481 e. The minimum absolute atomic E-state index is 0.536. The molecule has 1 aliphatic heterocycles. The summed E-state index contributed by atoms with van der Waals surface area (Å²) in [5.74, 6) is -0.670. The molecular weight excluding hydrogens is 352 g/mol. The molecule has 0 aromatic carbocycles. The third-order valence-electron chi connectivity index (χ3n) is 6.28. The van der Waals surface area contributed by atoms with E-state index in [9.17, 15) is 9.90 Å². The zero-order chi connectivity index (χ0) is 20.3. The second-order valence-electron chi connectivity index (χ2n) is 8.66. The van der Waals surface area contributed by atoms with Gasteiger partial charge in [-0.05, 0) is 19.3 Å². The maximum atomic E-state index is 11.9. The van der Waals surface area contributed by atoms with Crippen LogP contribution in [-0.4, -0.2) is 37.5 Å². The van der Waals surface area contributed by atoms with E-state index < -0.39 is 11.4 Å². The summed E-state index contributed by atoms with van der Waals surface area (Å²) >= 11 is 0. The Balaban J connectivity index is 2.01. The van der Waals surface area contributed by atoms with E-state index in [2.05, 4.69) is 6.92 Å². The lowest BCUT2D eigenvalue weighted by atomic mass is 9.77. The number of unbranched alkanes of at least 4 members (excludes halogenated alkanes) is 13. The van der Waals surface area contributed by atoms with E-state index in [0.717, 1.165) is 19.3 Å². The fourth-order valence-corrected chi connectivity index (χ4v) is 4.21. The molecule has 0 aromatic heterocycles. The van der Waals surface area contributed by atoms with Crippen LogP contribution in [0.2, 0.25) is 0 Å².